The molecule has 0 spiro atoms. The highest BCUT2D eigenvalue weighted by atomic mass is 15.4. The molecule has 0 saturated carbocycles. The molecule has 0 aliphatic carbocycles. The van der Waals surface area contributed by atoms with Crippen LogP contribution >= 0.6 is 0 Å². The van der Waals surface area contributed by atoms with E-state index in [2.05, 4.69) is 47.8 Å². The van der Waals surface area contributed by atoms with Crippen molar-refractivity contribution in [2.24, 2.45) is 5.92 Å². The summed E-state index contributed by atoms with van der Waals surface area (Å²) in [6.07, 6.45) is 1.54. The maximum Gasteiger partial charge on any atom is 0.254 e. The highest BCUT2D eigenvalue weighted by Crippen LogP contribution is 2.19. The maximum atomic E-state index is 4.35. The van der Waals surface area contributed by atoms with Gasteiger partial charge in [-0.3, -0.25) is 0 Å². The molecule has 17 heavy (non-hydrogen) atoms. The molecule has 0 aliphatic rings. The van der Waals surface area contributed by atoms with Crippen LogP contribution in [0.1, 0.15) is 26.5 Å². The summed E-state index contributed by atoms with van der Waals surface area (Å²) in [5.41, 5.74) is 0.961. The third-order valence-electron chi connectivity index (χ3n) is 3.30. The summed E-state index contributed by atoms with van der Waals surface area (Å²) in [4.78, 5) is 10.7. The second kappa shape index (κ2) is 4.31. The lowest BCUT2D eigenvalue weighted by atomic mass is 10.1. The van der Waals surface area contributed by atoms with Crippen LogP contribution in [0.15, 0.2) is 12.4 Å². The second-order valence-electron chi connectivity index (χ2n) is 4.82. The molecule has 2 rings (SSSR count). The van der Waals surface area contributed by atoms with Crippen molar-refractivity contribution >= 4 is 11.6 Å². The van der Waals surface area contributed by atoms with E-state index in [1.54, 1.807) is 10.8 Å². The fraction of sp³-hybridized carbons (Fsp3) is 0.583. The summed E-state index contributed by atoms with van der Waals surface area (Å²) in [6, 6.07) is 2.48. The fourth-order valence-corrected chi connectivity index (χ4v) is 1.82. The molecular weight excluding hydrogens is 214 g/mol. The zero-order chi connectivity index (χ0) is 12.6. The molecule has 0 radical (unpaired) electrons. The van der Waals surface area contributed by atoms with E-state index in [0.29, 0.717) is 17.7 Å². The fourth-order valence-electron chi connectivity index (χ4n) is 1.82. The Labute approximate surface area is 101 Å². The van der Waals surface area contributed by atoms with Gasteiger partial charge in [-0.15, -0.1) is 0 Å². The Morgan fingerprint density at radius 2 is 2.00 bits per heavy atom. The summed E-state index contributed by atoms with van der Waals surface area (Å²) in [5, 5.41) is 4.22. The molecule has 0 fully saturated rings. The van der Waals surface area contributed by atoms with Gasteiger partial charge in [0.05, 0.1) is 0 Å². The number of aromatic nitrogens is 4. The first-order valence-electron chi connectivity index (χ1n) is 5.91. The minimum absolute atomic E-state index is 0.434. The number of aryl methyl sites for hydroxylation is 1. The van der Waals surface area contributed by atoms with Gasteiger partial charge in [0.2, 0.25) is 0 Å². The van der Waals surface area contributed by atoms with E-state index in [0.717, 1.165) is 11.5 Å². The molecule has 0 aliphatic heterocycles. The van der Waals surface area contributed by atoms with Gasteiger partial charge in [0.1, 0.15) is 12.1 Å². The monoisotopic (exact) mass is 233 g/mol. The highest BCUT2D eigenvalue weighted by molar-refractivity contribution is 5.47. The molecule has 2 aromatic heterocycles. The van der Waals surface area contributed by atoms with Gasteiger partial charge >= 0.3 is 0 Å². The van der Waals surface area contributed by atoms with E-state index >= 15 is 0 Å². The molecule has 0 aromatic carbocycles. The lowest BCUT2D eigenvalue weighted by molar-refractivity contribution is 0.499. The van der Waals surface area contributed by atoms with Gasteiger partial charge < -0.3 is 4.90 Å². The van der Waals surface area contributed by atoms with Gasteiger partial charge in [-0.2, -0.15) is 14.6 Å². The first-order valence-corrected chi connectivity index (χ1v) is 5.91. The van der Waals surface area contributed by atoms with Crippen LogP contribution in [-0.2, 0) is 0 Å². The van der Waals surface area contributed by atoms with Crippen molar-refractivity contribution in [2.75, 3.05) is 11.9 Å². The van der Waals surface area contributed by atoms with Gasteiger partial charge in [0.15, 0.2) is 0 Å². The Morgan fingerprint density at radius 3 is 2.65 bits per heavy atom. The summed E-state index contributed by atoms with van der Waals surface area (Å²) in [6.45, 7) is 8.62. The minimum atomic E-state index is 0.434. The molecule has 0 bridgehead atoms. The molecular formula is C12H19N5. The lowest BCUT2D eigenvalue weighted by Gasteiger charge is -2.29. The molecule has 5 nitrogen and oxygen atoms in total. The van der Waals surface area contributed by atoms with Crippen molar-refractivity contribution in [3.63, 3.8) is 0 Å². The second-order valence-corrected chi connectivity index (χ2v) is 4.82. The minimum Gasteiger partial charge on any atom is -0.356 e. The van der Waals surface area contributed by atoms with Crippen LogP contribution in [0.5, 0.6) is 0 Å². The van der Waals surface area contributed by atoms with E-state index in [-0.39, 0.29) is 0 Å². The topological polar surface area (TPSA) is 46.3 Å². The van der Waals surface area contributed by atoms with E-state index < -0.39 is 0 Å². The van der Waals surface area contributed by atoms with Gasteiger partial charge in [-0.1, -0.05) is 13.8 Å². The first-order chi connectivity index (χ1) is 8.00. The van der Waals surface area contributed by atoms with Crippen molar-refractivity contribution in [2.45, 2.75) is 33.7 Å². The van der Waals surface area contributed by atoms with Crippen LogP contribution in [0.3, 0.4) is 0 Å². The van der Waals surface area contributed by atoms with Crippen LogP contribution in [-0.4, -0.2) is 32.7 Å². The first kappa shape index (κ1) is 11.8. The smallest absolute Gasteiger partial charge is 0.254 e. The Kier molecular flexibility index (Phi) is 3.00. The average Bonchev–Trinajstić information content (AvgIpc) is 2.73. The van der Waals surface area contributed by atoms with E-state index in [4.69, 9.17) is 0 Å². The Hall–Kier alpha value is -1.65. The number of anilines is 1. The van der Waals surface area contributed by atoms with Gasteiger partial charge in [-0.05, 0) is 19.8 Å². The van der Waals surface area contributed by atoms with Crippen LogP contribution < -0.4 is 4.90 Å². The number of rotatable bonds is 3. The predicted octanol–water partition coefficient (Wildman–Crippen LogP) is 1.91. The number of fused-ring (bicyclic) bond motifs is 1. The Bertz CT molecular complexity index is 517. The van der Waals surface area contributed by atoms with E-state index in [9.17, 15) is 0 Å². The van der Waals surface area contributed by atoms with Crippen LogP contribution in [0, 0.1) is 12.8 Å². The molecule has 92 valence electrons. The molecule has 2 aromatic rings. The summed E-state index contributed by atoms with van der Waals surface area (Å²) in [7, 11) is 2.08. The standard InChI is InChI=1S/C12H19N5/c1-8(2)10(4)16(5)11-6-9(3)15-12-13-7-14-17(11)12/h6-8,10H,1-5H3. The van der Waals surface area contributed by atoms with E-state index in [1.807, 2.05) is 13.0 Å². The van der Waals surface area contributed by atoms with Crippen molar-refractivity contribution in [3.05, 3.63) is 18.1 Å². The van der Waals surface area contributed by atoms with E-state index in [1.165, 1.54) is 0 Å². The van der Waals surface area contributed by atoms with Crippen molar-refractivity contribution < 1.29 is 0 Å². The largest absolute Gasteiger partial charge is 0.356 e. The summed E-state index contributed by atoms with van der Waals surface area (Å²) >= 11 is 0. The van der Waals surface area contributed by atoms with Crippen LogP contribution in [0.25, 0.3) is 5.78 Å². The molecule has 2 heterocycles. The van der Waals surface area contributed by atoms with Gasteiger partial charge in [0.25, 0.3) is 5.78 Å². The molecule has 0 amide bonds. The summed E-state index contributed by atoms with van der Waals surface area (Å²) < 4.78 is 1.78. The normalized spacial score (nSPS) is 13.3. The zero-order valence-electron chi connectivity index (χ0n) is 11.0. The van der Waals surface area contributed by atoms with Crippen LogP contribution in [0.4, 0.5) is 5.82 Å². The average molecular weight is 233 g/mol. The highest BCUT2D eigenvalue weighted by Gasteiger charge is 2.17. The molecule has 1 unspecified atom stereocenters. The zero-order valence-corrected chi connectivity index (χ0v) is 11.0. The quantitative estimate of drug-likeness (QED) is 0.812. The van der Waals surface area contributed by atoms with Crippen LogP contribution in [0.2, 0.25) is 0 Å². The maximum absolute atomic E-state index is 4.35. The number of hydrogen-bond donors (Lipinski definition) is 0. The predicted molar refractivity (Wildman–Crippen MR) is 68.2 cm³/mol. The Morgan fingerprint density at radius 1 is 1.29 bits per heavy atom. The Balaban J connectivity index is 2.50. The van der Waals surface area contributed by atoms with Crippen molar-refractivity contribution in [1.82, 2.24) is 19.6 Å². The molecule has 0 saturated heterocycles. The van der Waals surface area contributed by atoms with Gasteiger partial charge in [-0.25, -0.2) is 4.98 Å². The van der Waals surface area contributed by atoms with Crippen molar-refractivity contribution in [1.29, 1.82) is 0 Å². The lowest BCUT2D eigenvalue weighted by Crippen LogP contribution is -2.34. The van der Waals surface area contributed by atoms with Crippen molar-refractivity contribution in [3.8, 4) is 0 Å². The summed E-state index contributed by atoms with van der Waals surface area (Å²) in [5.74, 6) is 2.26. The molecule has 1 atom stereocenters. The third kappa shape index (κ3) is 2.09. The SMILES string of the molecule is Cc1cc(N(C)C(C)C(C)C)n2ncnc2n1. The third-order valence-corrected chi connectivity index (χ3v) is 3.30. The molecule has 5 heteroatoms. The number of nitrogens with zero attached hydrogens (tertiary/aromatic N) is 5. The molecule has 0 N–H and O–H groups in total. The number of hydrogen-bond acceptors (Lipinski definition) is 4. The van der Waals surface area contributed by atoms with Gasteiger partial charge in [0, 0.05) is 24.8 Å².